The maximum atomic E-state index is 13.9. The van der Waals surface area contributed by atoms with Crippen LogP contribution in [0.25, 0.3) is 10.8 Å². The summed E-state index contributed by atoms with van der Waals surface area (Å²) in [6.07, 6.45) is 4.04. The van der Waals surface area contributed by atoms with Crippen molar-refractivity contribution >= 4 is 27.8 Å². The van der Waals surface area contributed by atoms with Gasteiger partial charge in [-0.25, -0.2) is 0 Å². The lowest BCUT2D eigenvalue weighted by atomic mass is 9.89. The van der Waals surface area contributed by atoms with E-state index in [1.165, 1.54) is 16.5 Å². The van der Waals surface area contributed by atoms with Crippen LogP contribution in [0.2, 0.25) is 0 Å². The number of quaternary nitrogens is 1. The molecule has 1 fully saturated rings. The third-order valence-electron chi connectivity index (χ3n) is 6.80. The van der Waals surface area contributed by atoms with Crippen molar-refractivity contribution in [3.63, 3.8) is 0 Å². The van der Waals surface area contributed by atoms with Gasteiger partial charge in [-0.05, 0) is 48.7 Å². The topological polar surface area (TPSA) is 38.3 Å². The van der Waals surface area contributed by atoms with Crippen LogP contribution in [0.4, 0.5) is 17.1 Å². The fourth-order valence-corrected chi connectivity index (χ4v) is 5.19. The van der Waals surface area contributed by atoms with E-state index in [2.05, 4.69) is 65.7 Å². The monoisotopic (exact) mass is 387 g/mol. The fraction of sp³-hybridized carbons (Fsp3) is 0.360. The number of hydroxylamine groups is 2. The second-order valence-electron chi connectivity index (χ2n) is 8.49. The van der Waals surface area contributed by atoms with E-state index in [9.17, 15) is 5.21 Å². The van der Waals surface area contributed by atoms with Crippen LogP contribution in [-0.2, 0) is 0 Å². The highest BCUT2D eigenvalue weighted by Gasteiger charge is 2.42. The summed E-state index contributed by atoms with van der Waals surface area (Å²) in [5.41, 5.74) is 3.27. The molecule has 150 valence electrons. The van der Waals surface area contributed by atoms with Crippen molar-refractivity contribution < 1.29 is 0 Å². The molecule has 0 aromatic heterocycles. The van der Waals surface area contributed by atoms with Crippen molar-refractivity contribution in [1.82, 2.24) is 4.65 Å². The summed E-state index contributed by atoms with van der Waals surface area (Å²) < 4.78 is -0.174. The van der Waals surface area contributed by atoms with E-state index < -0.39 is 0 Å². The van der Waals surface area contributed by atoms with Gasteiger partial charge in [0, 0.05) is 37.2 Å². The van der Waals surface area contributed by atoms with Crippen LogP contribution in [0.5, 0.6) is 0 Å². The summed E-state index contributed by atoms with van der Waals surface area (Å²) >= 11 is 0. The van der Waals surface area contributed by atoms with Crippen LogP contribution in [0.3, 0.4) is 0 Å². The summed E-state index contributed by atoms with van der Waals surface area (Å²) in [6.45, 7) is 3.58. The molecule has 0 spiro atoms. The molecule has 1 aliphatic carbocycles. The molecule has 3 aromatic rings. The molecule has 0 radical (unpaired) electrons. The van der Waals surface area contributed by atoms with Crippen molar-refractivity contribution in [2.75, 3.05) is 23.4 Å². The molecule has 3 aromatic carbocycles. The van der Waals surface area contributed by atoms with E-state index in [-0.39, 0.29) is 10.7 Å². The Balaban J connectivity index is 1.28. The van der Waals surface area contributed by atoms with Gasteiger partial charge in [-0.1, -0.05) is 42.5 Å². The van der Waals surface area contributed by atoms with Crippen LogP contribution in [0.1, 0.15) is 32.6 Å². The van der Waals surface area contributed by atoms with Gasteiger partial charge >= 0.3 is 0 Å². The van der Waals surface area contributed by atoms with E-state index in [1.807, 2.05) is 18.2 Å². The van der Waals surface area contributed by atoms with Crippen LogP contribution in [0, 0.1) is 5.21 Å². The summed E-state index contributed by atoms with van der Waals surface area (Å²) in [5, 5.41) is 20.2. The molecule has 1 N–H and O–H groups in total. The first-order valence-electron chi connectivity index (χ1n) is 10.9. The Hall–Kier alpha value is -2.56. The van der Waals surface area contributed by atoms with Crippen LogP contribution < -0.4 is 14.9 Å². The van der Waals surface area contributed by atoms with Gasteiger partial charge in [0.15, 0.2) is 12.4 Å². The van der Waals surface area contributed by atoms with Gasteiger partial charge in [0.05, 0.1) is 6.04 Å². The lowest BCUT2D eigenvalue weighted by molar-refractivity contribution is 0.223. The summed E-state index contributed by atoms with van der Waals surface area (Å²) in [6, 6.07) is 23.9. The molecule has 29 heavy (non-hydrogen) atoms. The van der Waals surface area contributed by atoms with Crippen LogP contribution in [0.15, 0.2) is 66.7 Å². The molecule has 1 unspecified atom stereocenters. The smallest absolute Gasteiger partial charge is 0.159 e. The van der Waals surface area contributed by atoms with E-state index in [4.69, 9.17) is 0 Å². The number of nitrogens with zero attached hydrogens (tertiary/aromatic N) is 2. The zero-order valence-corrected chi connectivity index (χ0v) is 17.1. The molecule has 0 amide bonds. The largest absolute Gasteiger partial charge is 0.626 e. The Kier molecular flexibility index (Phi) is 4.69. The van der Waals surface area contributed by atoms with Gasteiger partial charge in [0.2, 0.25) is 0 Å². The Morgan fingerprint density at radius 3 is 2.45 bits per heavy atom. The lowest BCUT2D eigenvalue weighted by Crippen LogP contribution is -2.55. The van der Waals surface area contributed by atoms with Gasteiger partial charge < -0.3 is 20.1 Å². The number of fused-ring (bicyclic) bond motifs is 2. The van der Waals surface area contributed by atoms with Crippen LogP contribution >= 0.6 is 0 Å². The summed E-state index contributed by atoms with van der Waals surface area (Å²) in [5.74, 6) is 0. The zero-order valence-electron chi connectivity index (χ0n) is 17.1. The zero-order chi connectivity index (χ0) is 19.8. The molecule has 0 bridgehead atoms. The lowest BCUT2D eigenvalue weighted by Gasteiger charge is -2.47. The van der Waals surface area contributed by atoms with Crippen molar-refractivity contribution in [2.45, 2.75) is 44.7 Å². The highest BCUT2D eigenvalue weighted by Crippen LogP contribution is 2.45. The normalized spacial score (nSPS) is 26.5. The van der Waals surface area contributed by atoms with E-state index in [0.717, 1.165) is 43.6 Å². The molecular formula is C25H29N3O. The molecule has 1 saturated carbocycles. The Morgan fingerprint density at radius 1 is 0.931 bits per heavy atom. The average Bonchev–Trinajstić information content (AvgIpc) is 3.07. The van der Waals surface area contributed by atoms with E-state index >= 15 is 0 Å². The van der Waals surface area contributed by atoms with Crippen molar-refractivity contribution in [2.24, 2.45) is 0 Å². The van der Waals surface area contributed by atoms with E-state index in [0.29, 0.717) is 12.7 Å². The molecule has 1 heterocycles. The van der Waals surface area contributed by atoms with Gasteiger partial charge in [-0.3, -0.25) is 0 Å². The van der Waals surface area contributed by atoms with Gasteiger partial charge in [-0.2, -0.15) is 0 Å². The molecular weight excluding hydrogens is 358 g/mol. The minimum Gasteiger partial charge on any atom is -0.626 e. The number of benzene rings is 3. The maximum absolute atomic E-state index is 13.9. The fourth-order valence-electron chi connectivity index (χ4n) is 5.19. The first-order valence-corrected chi connectivity index (χ1v) is 10.9. The number of nitrogens with one attached hydrogen (secondary N) is 1. The third kappa shape index (κ3) is 3.26. The molecule has 1 aliphatic heterocycles. The Bertz CT molecular complexity index is 1010. The maximum Gasteiger partial charge on any atom is 0.159 e. The molecule has 1 atom stereocenters. The quantitative estimate of drug-likeness (QED) is 0.450. The highest BCUT2D eigenvalue weighted by molar-refractivity contribution is 5.85. The average molecular weight is 388 g/mol. The second kappa shape index (κ2) is 7.36. The number of anilines is 2. The first kappa shape index (κ1) is 18.5. The van der Waals surface area contributed by atoms with E-state index in [1.54, 1.807) is 0 Å². The molecule has 2 aliphatic rings. The SMILES string of the molecule is CCN1C[N+]([O-])(C2CCC(Nc3ccc4ccccc4c3)CC2)c2ccccc21. The van der Waals surface area contributed by atoms with Crippen LogP contribution in [-0.4, -0.2) is 25.3 Å². The first-order chi connectivity index (χ1) is 14.2. The number of rotatable bonds is 4. The number of para-hydroxylation sites is 2. The molecule has 0 saturated heterocycles. The number of hydrogen-bond donors (Lipinski definition) is 1. The van der Waals surface area contributed by atoms with Gasteiger partial charge in [-0.15, -0.1) is 0 Å². The molecule has 4 nitrogen and oxygen atoms in total. The predicted molar refractivity (Wildman–Crippen MR) is 123 cm³/mol. The van der Waals surface area contributed by atoms with Gasteiger partial charge in [0.1, 0.15) is 5.69 Å². The summed E-state index contributed by atoms with van der Waals surface area (Å²) in [7, 11) is 0. The number of hydrogen-bond acceptors (Lipinski definition) is 3. The van der Waals surface area contributed by atoms with Gasteiger partial charge in [0.25, 0.3) is 0 Å². The molecule has 4 heteroatoms. The minimum absolute atomic E-state index is 0.155. The van der Waals surface area contributed by atoms with Crippen molar-refractivity contribution in [3.05, 3.63) is 71.9 Å². The Labute approximate surface area is 172 Å². The third-order valence-corrected chi connectivity index (χ3v) is 6.80. The summed E-state index contributed by atoms with van der Waals surface area (Å²) in [4.78, 5) is 2.24. The predicted octanol–water partition coefficient (Wildman–Crippen LogP) is 5.87. The second-order valence-corrected chi connectivity index (χ2v) is 8.49. The molecule has 5 rings (SSSR count). The van der Waals surface area contributed by atoms with Crippen molar-refractivity contribution in [3.8, 4) is 0 Å². The Morgan fingerprint density at radius 2 is 1.66 bits per heavy atom. The highest BCUT2D eigenvalue weighted by atomic mass is 16.6. The van der Waals surface area contributed by atoms with Crippen molar-refractivity contribution in [1.29, 1.82) is 0 Å². The minimum atomic E-state index is -0.174. The standard InChI is InChI=1S/C25H29N3O/c1-2-27-18-28(29,25-10-6-5-9-24(25)27)23-15-13-21(14-16-23)26-22-12-11-19-7-3-4-8-20(19)17-22/h3-12,17,21,23,26H,2,13-16,18H2,1H3.